The van der Waals surface area contributed by atoms with Crippen LogP contribution in [0.1, 0.15) is 38.8 Å². The van der Waals surface area contributed by atoms with Crippen molar-refractivity contribution in [2.45, 2.75) is 45.8 Å². The number of pyridine rings is 1. The Balaban J connectivity index is 2.36. The van der Waals surface area contributed by atoms with Crippen LogP contribution < -0.4 is 5.73 Å². The zero-order valence-corrected chi connectivity index (χ0v) is 14.0. The summed E-state index contributed by atoms with van der Waals surface area (Å²) < 4.78 is 12.1. The molecule has 0 aliphatic carbocycles. The van der Waals surface area contributed by atoms with Crippen molar-refractivity contribution in [1.29, 1.82) is 0 Å². The maximum absolute atomic E-state index is 6.17. The van der Waals surface area contributed by atoms with Crippen molar-refractivity contribution in [3.63, 3.8) is 0 Å². The molecule has 1 aliphatic rings. The molecule has 2 N–H and O–H groups in total. The molecule has 1 saturated heterocycles. The molecule has 0 spiro atoms. The summed E-state index contributed by atoms with van der Waals surface area (Å²) in [4.78, 5) is 4.11. The van der Waals surface area contributed by atoms with Gasteiger partial charge in [-0.15, -0.1) is 0 Å². The first kappa shape index (κ1) is 16.5. The van der Waals surface area contributed by atoms with Crippen LogP contribution in [0.2, 0.25) is 5.15 Å². The number of hydrogen-bond acceptors (Lipinski definition) is 4. The van der Waals surface area contributed by atoms with Crippen LogP contribution in [0, 0.1) is 6.92 Å². The Hall–Kier alpha value is -0.875. The van der Waals surface area contributed by atoms with Gasteiger partial charge in [-0.1, -0.05) is 17.7 Å². The molecule has 114 valence electrons. The second-order valence-electron chi connectivity index (χ2n) is 6.34. The van der Waals surface area contributed by atoms with Crippen LogP contribution in [0.4, 0.5) is 0 Å². The van der Waals surface area contributed by atoms with Crippen LogP contribution >= 0.6 is 11.6 Å². The normalized spacial score (nSPS) is 20.9. The highest BCUT2D eigenvalue weighted by atomic mass is 35.5. The van der Waals surface area contributed by atoms with Gasteiger partial charge in [0.05, 0.1) is 11.2 Å². The van der Waals surface area contributed by atoms with Gasteiger partial charge in [0.25, 0.3) is 0 Å². The summed E-state index contributed by atoms with van der Waals surface area (Å²) in [6.07, 6.45) is 3.61. The Labute approximate surface area is 131 Å². The standard InChI is InChI=1S/C15H22BClN2O2/c1-10-6-7-19-13(17)12(10)8-11(9-18)16-20-14(2,3)15(4,5)21-16/h6-8H,9,18H2,1-5H3. The van der Waals surface area contributed by atoms with Gasteiger partial charge in [0, 0.05) is 18.3 Å². The number of nitrogens with zero attached hydrogens (tertiary/aromatic N) is 1. The highest BCUT2D eigenvalue weighted by molar-refractivity contribution is 6.56. The van der Waals surface area contributed by atoms with Gasteiger partial charge in [-0.25, -0.2) is 4.98 Å². The third-order valence-corrected chi connectivity index (χ3v) is 4.58. The van der Waals surface area contributed by atoms with Gasteiger partial charge in [0.2, 0.25) is 0 Å². The van der Waals surface area contributed by atoms with Gasteiger partial charge >= 0.3 is 7.12 Å². The number of halogens is 1. The molecule has 0 radical (unpaired) electrons. The van der Waals surface area contributed by atoms with E-state index in [1.807, 2.05) is 46.8 Å². The van der Waals surface area contributed by atoms with E-state index < -0.39 is 7.12 Å². The van der Waals surface area contributed by atoms with E-state index in [1.54, 1.807) is 6.20 Å². The van der Waals surface area contributed by atoms with Crippen molar-refractivity contribution in [3.05, 3.63) is 34.0 Å². The zero-order chi connectivity index (χ0) is 15.8. The van der Waals surface area contributed by atoms with Crippen molar-refractivity contribution in [2.24, 2.45) is 5.73 Å². The van der Waals surface area contributed by atoms with E-state index in [-0.39, 0.29) is 11.2 Å². The quantitative estimate of drug-likeness (QED) is 0.689. The van der Waals surface area contributed by atoms with E-state index in [2.05, 4.69) is 4.98 Å². The first-order chi connectivity index (χ1) is 9.68. The van der Waals surface area contributed by atoms with Gasteiger partial charge in [-0.3, -0.25) is 0 Å². The van der Waals surface area contributed by atoms with E-state index in [0.29, 0.717) is 11.7 Å². The molecule has 0 unspecified atom stereocenters. The lowest BCUT2D eigenvalue weighted by Gasteiger charge is -2.32. The van der Waals surface area contributed by atoms with Gasteiger partial charge in [-0.05, 0) is 51.7 Å². The molecule has 0 atom stereocenters. The summed E-state index contributed by atoms with van der Waals surface area (Å²) in [5.74, 6) is 0. The Morgan fingerprint density at radius 3 is 2.38 bits per heavy atom. The monoisotopic (exact) mass is 308 g/mol. The van der Waals surface area contributed by atoms with Crippen LogP contribution in [0.3, 0.4) is 0 Å². The maximum atomic E-state index is 6.17. The summed E-state index contributed by atoms with van der Waals surface area (Å²) in [6.45, 7) is 10.4. The van der Waals surface area contributed by atoms with Crippen molar-refractivity contribution in [1.82, 2.24) is 4.98 Å². The summed E-state index contributed by atoms with van der Waals surface area (Å²) in [7, 11) is -0.462. The van der Waals surface area contributed by atoms with Gasteiger partial charge in [-0.2, -0.15) is 0 Å². The van der Waals surface area contributed by atoms with Crippen LogP contribution in [0.15, 0.2) is 17.7 Å². The lowest BCUT2D eigenvalue weighted by molar-refractivity contribution is 0.00578. The molecule has 1 aromatic heterocycles. The minimum absolute atomic E-state index is 0.335. The summed E-state index contributed by atoms with van der Waals surface area (Å²) in [5.41, 5.74) is 7.86. The van der Waals surface area contributed by atoms with E-state index in [4.69, 9.17) is 26.6 Å². The minimum atomic E-state index is -0.462. The molecule has 0 amide bonds. The molecule has 4 nitrogen and oxygen atoms in total. The Bertz CT molecular complexity index is 537. The van der Waals surface area contributed by atoms with Gasteiger partial charge in [0.1, 0.15) is 5.15 Å². The smallest absolute Gasteiger partial charge is 0.400 e. The second kappa shape index (κ2) is 5.73. The Morgan fingerprint density at radius 2 is 1.90 bits per heavy atom. The van der Waals surface area contributed by atoms with Gasteiger partial charge in [0.15, 0.2) is 0 Å². The Kier molecular flexibility index (Phi) is 4.50. The van der Waals surface area contributed by atoms with Crippen LogP contribution in [-0.2, 0) is 9.31 Å². The fourth-order valence-electron chi connectivity index (χ4n) is 2.11. The molecule has 2 rings (SSSR count). The van der Waals surface area contributed by atoms with Crippen molar-refractivity contribution >= 4 is 24.8 Å². The molecular weight excluding hydrogens is 286 g/mol. The highest BCUT2D eigenvalue weighted by Gasteiger charge is 2.52. The lowest BCUT2D eigenvalue weighted by atomic mass is 9.77. The second-order valence-corrected chi connectivity index (χ2v) is 6.70. The summed E-state index contributed by atoms with van der Waals surface area (Å²) in [5, 5.41) is 0.456. The fraction of sp³-hybridized carbons (Fsp3) is 0.533. The predicted molar refractivity (Wildman–Crippen MR) is 87.1 cm³/mol. The fourth-order valence-corrected chi connectivity index (χ4v) is 2.37. The molecule has 21 heavy (non-hydrogen) atoms. The molecule has 6 heteroatoms. The molecule has 1 aromatic rings. The van der Waals surface area contributed by atoms with E-state index in [1.165, 1.54) is 0 Å². The highest BCUT2D eigenvalue weighted by Crippen LogP contribution is 2.38. The zero-order valence-electron chi connectivity index (χ0n) is 13.2. The molecule has 2 heterocycles. The molecule has 0 bridgehead atoms. The maximum Gasteiger partial charge on any atom is 0.491 e. The van der Waals surface area contributed by atoms with Crippen molar-refractivity contribution in [3.8, 4) is 0 Å². The molecule has 0 saturated carbocycles. The first-order valence-electron chi connectivity index (χ1n) is 7.05. The summed E-state index contributed by atoms with van der Waals surface area (Å²) in [6, 6.07) is 1.91. The molecule has 1 fully saturated rings. The average molecular weight is 309 g/mol. The predicted octanol–water partition coefficient (Wildman–Crippen LogP) is 3.02. The van der Waals surface area contributed by atoms with Crippen LogP contribution in [0.25, 0.3) is 6.08 Å². The molecule has 0 aromatic carbocycles. The topological polar surface area (TPSA) is 57.4 Å². The number of rotatable bonds is 3. The largest absolute Gasteiger partial charge is 0.491 e. The SMILES string of the molecule is Cc1ccnc(Cl)c1C=C(CN)B1OC(C)(C)C(C)(C)O1. The molecular formula is C15H22BClN2O2. The van der Waals surface area contributed by atoms with E-state index in [0.717, 1.165) is 16.6 Å². The minimum Gasteiger partial charge on any atom is -0.400 e. The first-order valence-corrected chi connectivity index (χ1v) is 7.43. The number of nitrogens with two attached hydrogens (primary N) is 1. The third-order valence-electron chi connectivity index (χ3n) is 4.28. The number of hydrogen-bond donors (Lipinski definition) is 1. The summed E-state index contributed by atoms with van der Waals surface area (Å²) >= 11 is 6.17. The number of aryl methyl sites for hydroxylation is 1. The van der Waals surface area contributed by atoms with E-state index in [9.17, 15) is 0 Å². The van der Waals surface area contributed by atoms with Crippen LogP contribution in [0.5, 0.6) is 0 Å². The molecule has 1 aliphatic heterocycles. The van der Waals surface area contributed by atoms with Crippen molar-refractivity contribution < 1.29 is 9.31 Å². The third kappa shape index (κ3) is 3.16. The lowest BCUT2D eigenvalue weighted by Crippen LogP contribution is -2.41. The number of aromatic nitrogens is 1. The van der Waals surface area contributed by atoms with Crippen molar-refractivity contribution in [2.75, 3.05) is 6.54 Å². The Morgan fingerprint density at radius 1 is 1.33 bits per heavy atom. The van der Waals surface area contributed by atoms with Crippen LogP contribution in [-0.4, -0.2) is 29.8 Å². The van der Waals surface area contributed by atoms with Gasteiger partial charge < -0.3 is 15.0 Å². The average Bonchev–Trinajstić information content (AvgIpc) is 2.58. The van der Waals surface area contributed by atoms with E-state index >= 15 is 0 Å².